The van der Waals surface area contributed by atoms with Crippen LogP contribution in [0.2, 0.25) is 0 Å². The highest BCUT2D eigenvalue weighted by atomic mass is 32.2. The maximum atomic E-state index is 14.1. The van der Waals surface area contributed by atoms with Crippen LogP contribution in [0.4, 0.5) is 11.4 Å². The predicted molar refractivity (Wildman–Crippen MR) is 152 cm³/mol. The Bertz CT molecular complexity index is 1210. The second-order valence-electron chi connectivity index (χ2n) is 10.8. The topological polar surface area (TPSA) is 86.8 Å². The number of carbonyl (C=O) groups excluding carboxylic acids is 2. The third-order valence-corrected chi connectivity index (χ3v) is 9.31. The number of likely N-dealkylation sites (tertiary alicyclic amines) is 1. The fraction of sp³-hybridized carbons (Fsp3) is 0.533. The molecule has 2 aromatic rings. The number of ketones is 1. The van der Waals surface area contributed by atoms with E-state index in [0.29, 0.717) is 17.9 Å². The first-order valence-corrected chi connectivity index (χ1v) is 15.7. The fourth-order valence-electron chi connectivity index (χ4n) is 6.09. The third kappa shape index (κ3) is 6.46. The van der Waals surface area contributed by atoms with Crippen molar-refractivity contribution in [2.45, 2.75) is 70.4 Å². The lowest BCUT2D eigenvalue weighted by atomic mass is 9.76. The van der Waals surface area contributed by atoms with Gasteiger partial charge < -0.3 is 10.2 Å². The van der Waals surface area contributed by atoms with Crippen LogP contribution in [0.15, 0.2) is 54.6 Å². The summed E-state index contributed by atoms with van der Waals surface area (Å²) in [5.41, 5.74) is 2.05. The molecule has 1 aliphatic heterocycles. The SMILES string of the molecule is CN[C@@H](C)C(=O)C[C@H](C(=O)N1CCC[C@H]1c1cccc(N(c2ccccc2)S(C)(=O)=O)c1)C1CCCCC1. The van der Waals surface area contributed by atoms with Crippen molar-refractivity contribution in [2.75, 3.05) is 24.2 Å². The zero-order chi connectivity index (χ0) is 27.3. The second kappa shape index (κ2) is 12.4. The van der Waals surface area contributed by atoms with Crippen LogP contribution in [0.5, 0.6) is 0 Å². The summed E-state index contributed by atoms with van der Waals surface area (Å²) in [6.45, 7) is 2.51. The number of para-hydroxylation sites is 1. The summed E-state index contributed by atoms with van der Waals surface area (Å²) < 4.78 is 27.0. The van der Waals surface area contributed by atoms with Crippen molar-refractivity contribution in [3.05, 3.63) is 60.2 Å². The average Bonchev–Trinajstić information content (AvgIpc) is 3.41. The number of Topliss-reactive ketones (excluding diaryl/α,β-unsaturated/α-hetero) is 1. The lowest BCUT2D eigenvalue weighted by Crippen LogP contribution is -2.42. The molecule has 38 heavy (non-hydrogen) atoms. The van der Waals surface area contributed by atoms with Crippen molar-refractivity contribution in [2.24, 2.45) is 11.8 Å². The van der Waals surface area contributed by atoms with Gasteiger partial charge in [0.05, 0.1) is 29.7 Å². The summed E-state index contributed by atoms with van der Waals surface area (Å²) >= 11 is 0. The number of anilines is 2. The second-order valence-corrected chi connectivity index (χ2v) is 12.7. The Morgan fingerprint density at radius 3 is 2.32 bits per heavy atom. The van der Waals surface area contributed by atoms with E-state index in [0.717, 1.165) is 44.1 Å². The Balaban J connectivity index is 1.63. The third-order valence-electron chi connectivity index (χ3n) is 8.22. The van der Waals surface area contributed by atoms with E-state index in [9.17, 15) is 18.0 Å². The molecule has 1 heterocycles. The molecule has 1 saturated heterocycles. The smallest absolute Gasteiger partial charge is 0.236 e. The van der Waals surface area contributed by atoms with Crippen LogP contribution in [0, 0.1) is 11.8 Å². The van der Waals surface area contributed by atoms with Crippen LogP contribution in [-0.2, 0) is 19.6 Å². The molecule has 3 atom stereocenters. The standard InChI is InChI=1S/C30H41N3O4S/c1-22(31-2)29(34)21-27(23-12-6-4-7-13-23)30(35)32-19-11-18-28(32)24-14-10-17-26(20-24)33(38(3,36)37)25-15-8-5-9-16-25/h5,8-10,14-17,20,22-23,27-28,31H,4,6-7,11-13,18-19,21H2,1-3H3/t22-,27-,28-/m0/s1. The van der Waals surface area contributed by atoms with Gasteiger partial charge in [-0.2, -0.15) is 0 Å². The molecule has 7 nitrogen and oxygen atoms in total. The summed E-state index contributed by atoms with van der Waals surface area (Å²) in [5, 5.41) is 3.03. The number of carbonyl (C=O) groups is 2. The van der Waals surface area contributed by atoms with Crippen molar-refractivity contribution in [3.63, 3.8) is 0 Å². The quantitative estimate of drug-likeness (QED) is 0.448. The molecule has 1 aliphatic carbocycles. The molecule has 1 amide bonds. The number of nitrogens with one attached hydrogen (secondary N) is 1. The van der Waals surface area contributed by atoms with Crippen LogP contribution in [0.25, 0.3) is 0 Å². The Morgan fingerprint density at radius 1 is 0.974 bits per heavy atom. The Morgan fingerprint density at radius 2 is 1.66 bits per heavy atom. The number of hydrogen-bond acceptors (Lipinski definition) is 5. The highest BCUT2D eigenvalue weighted by Crippen LogP contribution is 2.40. The molecule has 0 spiro atoms. The maximum Gasteiger partial charge on any atom is 0.236 e. The molecule has 2 aromatic carbocycles. The molecule has 1 N–H and O–H groups in total. The van der Waals surface area contributed by atoms with E-state index in [1.165, 1.54) is 17.0 Å². The minimum atomic E-state index is -3.58. The van der Waals surface area contributed by atoms with Crippen molar-refractivity contribution in [1.82, 2.24) is 10.2 Å². The van der Waals surface area contributed by atoms with Crippen molar-refractivity contribution in [1.29, 1.82) is 0 Å². The first kappa shape index (κ1) is 28.3. The maximum absolute atomic E-state index is 14.1. The molecule has 1 saturated carbocycles. The van der Waals surface area contributed by atoms with Gasteiger partial charge in [0.2, 0.25) is 15.9 Å². The summed E-state index contributed by atoms with van der Waals surface area (Å²) in [6, 6.07) is 16.2. The van der Waals surface area contributed by atoms with E-state index in [4.69, 9.17) is 0 Å². The molecule has 0 radical (unpaired) electrons. The minimum Gasteiger partial charge on any atom is -0.335 e. The van der Waals surface area contributed by atoms with Crippen LogP contribution in [0.1, 0.15) is 69.9 Å². The first-order chi connectivity index (χ1) is 18.2. The molecular formula is C30H41N3O4S. The molecule has 2 aliphatic rings. The molecule has 8 heteroatoms. The summed E-state index contributed by atoms with van der Waals surface area (Å²) in [7, 11) is -1.81. The Hall–Kier alpha value is -2.71. The molecule has 0 aromatic heterocycles. The van der Waals surface area contributed by atoms with E-state index >= 15 is 0 Å². The number of hydrogen-bond donors (Lipinski definition) is 1. The number of benzene rings is 2. The van der Waals surface area contributed by atoms with Gasteiger partial charge in [-0.15, -0.1) is 0 Å². The molecular weight excluding hydrogens is 498 g/mol. The molecule has 206 valence electrons. The number of likely N-dealkylation sites (N-methyl/N-ethyl adjacent to an activating group) is 1. The van der Waals surface area contributed by atoms with Crippen molar-refractivity contribution >= 4 is 33.1 Å². The van der Waals surface area contributed by atoms with Crippen LogP contribution in [0.3, 0.4) is 0 Å². The van der Waals surface area contributed by atoms with E-state index in [1.54, 1.807) is 25.2 Å². The van der Waals surface area contributed by atoms with E-state index in [-0.39, 0.29) is 42.0 Å². The summed E-state index contributed by atoms with van der Waals surface area (Å²) in [6.07, 6.45) is 8.56. The molecule has 0 bridgehead atoms. The minimum absolute atomic E-state index is 0.0736. The number of nitrogens with zero attached hydrogens (tertiary/aromatic N) is 2. The van der Waals surface area contributed by atoms with Gasteiger partial charge in [0.25, 0.3) is 0 Å². The molecule has 4 rings (SSSR count). The zero-order valence-corrected chi connectivity index (χ0v) is 23.6. The van der Waals surface area contributed by atoms with E-state index in [1.807, 2.05) is 48.2 Å². The van der Waals surface area contributed by atoms with Gasteiger partial charge in [-0.25, -0.2) is 12.7 Å². The number of amides is 1. The fourth-order valence-corrected chi connectivity index (χ4v) is 7.09. The van der Waals surface area contributed by atoms with Gasteiger partial charge in [-0.3, -0.25) is 9.59 Å². The monoisotopic (exact) mass is 539 g/mol. The van der Waals surface area contributed by atoms with E-state index in [2.05, 4.69) is 5.32 Å². The van der Waals surface area contributed by atoms with Gasteiger partial charge in [0, 0.05) is 18.9 Å². The normalized spacial score (nSPS) is 20.2. The lowest BCUT2D eigenvalue weighted by molar-refractivity contribution is -0.141. The predicted octanol–water partition coefficient (Wildman–Crippen LogP) is 5.21. The van der Waals surface area contributed by atoms with E-state index < -0.39 is 10.0 Å². The largest absolute Gasteiger partial charge is 0.335 e. The highest BCUT2D eigenvalue weighted by molar-refractivity contribution is 7.92. The van der Waals surface area contributed by atoms with Gasteiger partial charge in [-0.1, -0.05) is 49.6 Å². The van der Waals surface area contributed by atoms with Crippen LogP contribution in [-0.4, -0.2) is 50.9 Å². The van der Waals surface area contributed by atoms with Crippen LogP contribution >= 0.6 is 0 Å². The number of sulfonamides is 1. The lowest BCUT2D eigenvalue weighted by Gasteiger charge is -2.35. The highest BCUT2D eigenvalue weighted by Gasteiger charge is 2.39. The van der Waals surface area contributed by atoms with Crippen molar-refractivity contribution in [3.8, 4) is 0 Å². The Labute approximate surface area is 227 Å². The molecule has 2 fully saturated rings. The van der Waals surface area contributed by atoms with Gasteiger partial charge in [0.15, 0.2) is 0 Å². The van der Waals surface area contributed by atoms with Gasteiger partial charge >= 0.3 is 0 Å². The average molecular weight is 540 g/mol. The van der Waals surface area contributed by atoms with Crippen LogP contribution < -0.4 is 9.62 Å². The Kier molecular flexibility index (Phi) is 9.26. The molecule has 0 unspecified atom stereocenters. The first-order valence-electron chi connectivity index (χ1n) is 13.9. The van der Waals surface area contributed by atoms with Crippen molar-refractivity contribution < 1.29 is 18.0 Å². The summed E-state index contributed by atoms with van der Waals surface area (Å²) in [4.78, 5) is 29.0. The zero-order valence-electron chi connectivity index (χ0n) is 22.8. The van der Waals surface area contributed by atoms with Gasteiger partial charge in [0.1, 0.15) is 5.78 Å². The van der Waals surface area contributed by atoms with Gasteiger partial charge in [-0.05, 0) is 75.4 Å². The summed E-state index contributed by atoms with van der Waals surface area (Å²) in [5.74, 6) is 0.0835. The number of rotatable bonds is 10.